The maximum Gasteiger partial charge on any atom is 0.0322 e. The van der Waals surface area contributed by atoms with Crippen molar-refractivity contribution in [2.45, 2.75) is 46.6 Å². The normalized spacial score (nSPS) is 14.8. The Kier molecular flexibility index (Phi) is 5.54. The van der Waals surface area contributed by atoms with E-state index in [1.807, 2.05) is 0 Å². The first-order valence-corrected chi connectivity index (χ1v) is 6.47. The van der Waals surface area contributed by atoms with E-state index in [1.165, 1.54) is 24.0 Å². The van der Waals surface area contributed by atoms with Gasteiger partial charge in [-0.25, -0.2) is 0 Å². The van der Waals surface area contributed by atoms with Crippen molar-refractivity contribution in [2.24, 2.45) is 5.92 Å². The maximum absolute atomic E-state index is 3.58. The summed E-state index contributed by atoms with van der Waals surface area (Å²) in [6.45, 7) is 9.95. The van der Waals surface area contributed by atoms with Gasteiger partial charge in [-0.2, -0.15) is 0 Å². The Labute approximate surface area is 100 Å². The van der Waals surface area contributed by atoms with Crippen LogP contribution in [0, 0.1) is 12.8 Å². The number of hydrogen-bond acceptors (Lipinski definition) is 1. The summed E-state index contributed by atoms with van der Waals surface area (Å²) in [6.07, 6.45) is 2.49. The second-order valence-corrected chi connectivity index (χ2v) is 4.77. The van der Waals surface area contributed by atoms with Crippen LogP contribution in [0.15, 0.2) is 24.3 Å². The molecular weight excluding hydrogens is 194 g/mol. The first-order chi connectivity index (χ1) is 7.67. The summed E-state index contributed by atoms with van der Waals surface area (Å²) in [5, 5.41) is 3.58. The third-order valence-corrected chi connectivity index (χ3v) is 3.27. The first kappa shape index (κ1) is 13.2. The van der Waals surface area contributed by atoms with E-state index >= 15 is 0 Å². The van der Waals surface area contributed by atoms with E-state index in [-0.39, 0.29) is 0 Å². The topological polar surface area (TPSA) is 12.0 Å². The molecule has 0 saturated heterocycles. The molecular formula is C15H25N. The van der Waals surface area contributed by atoms with Gasteiger partial charge in [-0.3, -0.25) is 0 Å². The molecule has 1 aromatic carbocycles. The molecule has 1 aromatic rings. The minimum Gasteiger partial charge on any atom is -0.310 e. The summed E-state index contributed by atoms with van der Waals surface area (Å²) < 4.78 is 0. The largest absolute Gasteiger partial charge is 0.310 e. The van der Waals surface area contributed by atoms with Crippen LogP contribution in [-0.2, 0) is 0 Å². The number of hydrogen-bond donors (Lipinski definition) is 1. The molecule has 0 spiro atoms. The van der Waals surface area contributed by atoms with Gasteiger partial charge in [-0.05, 0) is 31.4 Å². The Morgan fingerprint density at radius 2 is 1.75 bits per heavy atom. The van der Waals surface area contributed by atoms with Gasteiger partial charge in [-0.1, -0.05) is 57.0 Å². The standard InChI is InChI=1S/C15H25N/c1-5-12(3)11-15(16-6-2)14-9-7-13(4)8-10-14/h7-10,12,15-16H,5-6,11H2,1-4H3. The van der Waals surface area contributed by atoms with E-state index in [4.69, 9.17) is 0 Å². The van der Waals surface area contributed by atoms with E-state index in [9.17, 15) is 0 Å². The number of benzene rings is 1. The predicted molar refractivity (Wildman–Crippen MR) is 71.7 cm³/mol. The van der Waals surface area contributed by atoms with E-state index in [1.54, 1.807) is 0 Å². The fraction of sp³-hybridized carbons (Fsp3) is 0.600. The Morgan fingerprint density at radius 1 is 1.12 bits per heavy atom. The average Bonchev–Trinajstić information content (AvgIpc) is 2.29. The summed E-state index contributed by atoms with van der Waals surface area (Å²) in [4.78, 5) is 0. The Balaban J connectivity index is 2.72. The molecule has 90 valence electrons. The fourth-order valence-electron chi connectivity index (χ4n) is 1.95. The highest BCUT2D eigenvalue weighted by molar-refractivity contribution is 5.24. The number of aryl methyl sites for hydroxylation is 1. The van der Waals surface area contributed by atoms with Crippen molar-refractivity contribution >= 4 is 0 Å². The van der Waals surface area contributed by atoms with Crippen LogP contribution in [0.1, 0.15) is 50.8 Å². The highest BCUT2D eigenvalue weighted by atomic mass is 14.9. The van der Waals surface area contributed by atoms with Gasteiger partial charge in [0.05, 0.1) is 0 Å². The molecule has 0 aliphatic heterocycles. The molecule has 0 aliphatic carbocycles. The van der Waals surface area contributed by atoms with Crippen LogP contribution < -0.4 is 5.32 Å². The van der Waals surface area contributed by atoms with Crippen molar-refractivity contribution in [2.75, 3.05) is 6.54 Å². The molecule has 0 amide bonds. The molecule has 2 atom stereocenters. The lowest BCUT2D eigenvalue weighted by Gasteiger charge is -2.21. The summed E-state index contributed by atoms with van der Waals surface area (Å²) in [5.41, 5.74) is 2.76. The SMILES string of the molecule is CCNC(CC(C)CC)c1ccc(C)cc1. The van der Waals surface area contributed by atoms with E-state index < -0.39 is 0 Å². The zero-order chi connectivity index (χ0) is 12.0. The summed E-state index contributed by atoms with van der Waals surface area (Å²) >= 11 is 0. The van der Waals surface area contributed by atoms with Crippen molar-refractivity contribution in [3.8, 4) is 0 Å². The Bertz CT molecular complexity index is 289. The lowest BCUT2D eigenvalue weighted by atomic mass is 9.94. The van der Waals surface area contributed by atoms with Gasteiger partial charge in [0.1, 0.15) is 0 Å². The van der Waals surface area contributed by atoms with Crippen LogP contribution in [0.25, 0.3) is 0 Å². The van der Waals surface area contributed by atoms with Gasteiger partial charge in [0, 0.05) is 6.04 Å². The summed E-state index contributed by atoms with van der Waals surface area (Å²) in [6, 6.07) is 9.43. The van der Waals surface area contributed by atoms with Crippen molar-refractivity contribution in [1.29, 1.82) is 0 Å². The Hall–Kier alpha value is -0.820. The summed E-state index contributed by atoms with van der Waals surface area (Å²) in [5.74, 6) is 0.783. The van der Waals surface area contributed by atoms with Gasteiger partial charge in [0.15, 0.2) is 0 Å². The molecule has 0 fully saturated rings. The van der Waals surface area contributed by atoms with Crippen molar-refractivity contribution < 1.29 is 0 Å². The minimum atomic E-state index is 0.514. The van der Waals surface area contributed by atoms with E-state index in [0.717, 1.165) is 12.5 Å². The van der Waals surface area contributed by atoms with Gasteiger partial charge < -0.3 is 5.32 Å². The molecule has 1 N–H and O–H groups in total. The molecule has 16 heavy (non-hydrogen) atoms. The van der Waals surface area contributed by atoms with Crippen LogP contribution in [0.4, 0.5) is 0 Å². The van der Waals surface area contributed by atoms with Crippen LogP contribution >= 0.6 is 0 Å². The highest BCUT2D eigenvalue weighted by Crippen LogP contribution is 2.23. The van der Waals surface area contributed by atoms with Gasteiger partial charge in [-0.15, -0.1) is 0 Å². The van der Waals surface area contributed by atoms with Crippen LogP contribution in [0.5, 0.6) is 0 Å². The molecule has 0 saturated carbocycles. The smallest absolute Gasteiger partial charge is 0.0322 e. The quantitative estimate of drug-likeness (QED) is 0.760. The lowest BCUT2D eigenvalue weighted by molar-refractivity contribution is 0.408. The number of nitrogens with one attached hydrogen (secondary N) is 1. The second-order valence-electron chi connectivity index (χ2n) is 4.77. The van der Waals surface area contributed by atoms with Gasteiger partial charge in [0.25, 0.3) is 0 Å². The maximum atomic E-state index is 3.58. The van der Waals surface area contributed by atoms with Crippen LogP contribution in [-0.4, -0.2) is 6.54 Å². The first-order valence-electron chi connectivity index (χ1n) is 6.47. The lowest BCUT2D eigenvalue weighted by Crippen LogP contribution is -2.22. The van der Waals surface area contributed by atoms with Crippen molar-refractivity contribution in [3.05, 3.63) is 35.4 Å². The van der Waals surface area contributed by atoms with Crippen molar-refractivity contribution in [3.63, 3.8) is 0 Å². The molecule has 2 unspecified atom stereocenters. The van der Waals surface area contributed by atoms with E-state index in [2.05, 4.69) is 57.3 Å². The molecule has 0 aliphatic rings. The molecule has 0 heterocycles. The predicted octanol–water partition coefficient (Wildman–Crippen LogP) is 4.08. The Morgan fingerprint density at radius 3 is 2.25 bits per heavy atom. The van der Waals surface area contributed by atoms with Gasteiger partial charge in [0.2, 0.25) is 0 Å². The second kappa shape index (κ2) is 6.70. The molecule has 1 heteroatoms. The molecule has 0 bridgehead atoms. The molecule has 1 rings (SSSR count). The highest BCUT2D eigenvalue weighted by Gasteiger charge is 2.12. The monoisotopic (exact) mass is 219 g/mol. The number of rotatable bonds is 6. The molecule has 0 radical (unpaired) electrons. The van der Waals surface area contributed by atoms with Crippen molar-refractivity contribution in [1.82, 2.24) is 5.32 Å². The van der Waals surface area contributed by atoms with E-state index in [0.29, 0.717) is 6.04 Å². The average molecular weight is 219 g/mol. The third kappa shape index (κ3) is 3.97. The zero-order valence-corrected chi connectivity index (χ0v) is 11.1. The molecule has 0 aromatic heterocycles. The van der Waals surface area contributed by atoms with Gasteiger partial charge >= 0.3 is 0 Å². The summed E-state index contributed by atoms with van der Waals surface area (Å²) in [7, 11) is 0. The zero-order valence-electron chi connectivity index (χ0n) is 11.1. The fourth-order valence-corrected chi connectivity index (χ4v) is 1.95. The molecule has 1 nitrogen and oxygen atoms in total. The third-order valence-electron chi connectivity index (χ3n) is 3.27. The minimum absolute atomic E-state index is 0.514. The van der Waals surface area contributed by atoms with Crippen LogP contribution in [0.3, 0.4) is 0 Å². The van der Waals surface area contributed by atoms with Crippen LogP contribution in [0.2, 0.25) is 0 Å².